The summed E-state index contributed by atoms with van der Waals surface area (Å²) < 4.78 is 5.80. The summed E-state index contributed by atoms with van der Waals surface area (Å²) in [5, 5.41) is 3.00. The predicted octanol–water partition coefficient (Wildman–Crippen LogP) is 3.05. The van der Waals surface area contributed by atoms with Crippen LogP contribution in [0.3, 0.4) is 0 Å². The molecule has 1 amide bonds. The molecule has 0 radical (unpaired) electrons. The molecule has 1 N–H and O–H groups in total. The number of morpholine rings is 1. The number of anilines is 1. The number of nitrogens with one attached hydrogen (secondary N) is 1. The van der Waals surface area contributed by atoms with Gasteiger partial charge in [-0.3, -0.25) is 9.69 Å². The van der Waals surface area contributed by atoms with Gasteiger partial charge in [-0.05, 0) is 37.1 Å². The van der Waals surface area contributed by atoms with Gasteiger partial charge in [0.2, 0.25) is 5.91 Å². The number of carbonyl (C=O) groups is 1. The standard InChI is InChI=1S/C23H31N3O2/c1-18-14-26(15-19(2)28-18)16-21-11-9-20(10-12-21)13-24-23(27)17-25(3)22-7-5-4-6-8-22/h4-12,18-19H,13-17H2,1-3H3,(H,24,27). The molecule has 0 aliphatic carbocycles. The molecule has 28 heavy (non-hydrogen) atoms. The Kier molecular flexibility index (Phi) is 7.06. The monoisotopic (exact) mass is 381 g/mol. The van der Waals surface area contributed by atoms with E-state index in [-0.39, 0.29) is 18.1 Å². The van der Waals surface area contributed by atoms with Crippen molar-refractivity contribution in [2.45, 2.75) is 39.1 Å². The fourth-order valence-electron chi connectivity index (χ4n) is 3.68. The van der Waals surface area contributed by atoms with Gasteiger partial charge in [0.25, 0.3) is 0 Å². The van der Waals surface area contributed by atoms with Gasteiger partial charge >= 0.3 is 0 Å². The molecule has 0 saturated carbocycles. The third kappa shape index (κ3) is 6.08. The Morgan fingerprint density at radius 2 is 1.64 bits per heavy atom. The van der Waals surface area contributed by atoms with Crippen LogP contribution in [0.4, 0.5) is 5.69 Å². The summed E-state index contributed by atoms with van der Waals surface area (Å²) in [6, 6.07) is 18.4. The highest BCUT2D eigenvalue weighted by Gasteiger charge is 2.21. The Labute approximate surface area is 168 Å². The zero-order chi connectivity index (χ0) is 19.9. The number of hydrogen-bond donors (Lipinski definition) is 1. The lowest BCUT2D eigenvalue weighted by Gasteiger charge is -2.35. The quantitative estimate of drug-likeness (QED) is 0.801. The van der Waals surface area contributed by atoms with E-state index in [0.717, 1.165) is 30.9 Å². The van der Waals surface area contributed by atoms with Crippen molar-refractivity contribution in [1.82, 2.24) is 10.2 Å². The van der Waals surface area contributed by atoms with Gasteiger partial charge in [-0.25, -0.2) is 0 Å². The first-order chi connectivity index (χ1) is 13.5. The smallest absolute Gasteiger partial charge is 0.239 e. The van der Waals surface area contributed by atoms with Crippen molar-refractivity contribution in [3.8, 4) is 0 Å². The van der Waals surface area contributed by atoms with E-state index in [1.807, 2.05) is 42.3 Å². The second kappa shape index (κ2) is 9.71. The van der Waals surface area contributed by atoms with Crippen molar-refractivity contribution in [2.24, 2.45) is 0 Å². The fourth-order valence-corrected chi connectivity index (χ4v) is 3.68. The summed E-state index contributed by atoms with van der Waals surface area (Å²) in [6.45, 7) is 8.02. The topological polar surface area (TPSA) is 44.8 Å². The lowest BCUT2D eigenvalue weighted by Crippen LogP contribution is -2.44. The molecule has 2 aromatic carbocycles. The van der Waals surface area contributed by atoms with Crippen molar-refractivity contribution in [2.75, 3.05) is 31.6 Å². The van der Waals surface area contributed by atoms with E-state index < -0.39 is 0 Å². The van der Waals surface area contributed by atoms with Gasteiger partial charge in [-0.1, -0.05) is 42.5 Å². The van der Waals surface area contributed by atoms with Crippen LogP contribution in [0.15, 0.2) is 54.6 Å². The molecule has 150 valence electrons. The molecule has 5 heteroatoms. The molecule has 3 rings (SSSR count). The molecule has 1 saturated heterocycles. The molecule has 0 aromatic heterocycles. The van der Waals surface area contributed by atoms with Crippen LogP contribution in [0.2, 0.25) is 0 Å². The summed E-state index contributed by atoms with van der Waals surface area (Å²) in [7, 11) is 1.93. The largest absolute Gasteiger partial charge is 0.373 e. The zero-order valence-corrected chi connectivity index (χ0v) is 17.1. The second-order valence-corrected chi connectivity index (χ2v) is 7.74. The maximum Gasteiger partial charge on any atom is 0.239 e. The predicted molar refractivity (Wildman–Crippen MR) is 113 cm³/mol. The number of nitrogens with zero attached hydrogens (tertiary/aromatic N) is 2. The van der Waals surface area contributed by atoms with E-state index in [4.69, 9.17) is 4.74 Å². The normalized spacial score (nSPS) is 20.0. The lowest BCUT2D eigenvalue weighted by atomic mass is 10.1. The van der Waals surface area contributed by atoms with E-state index in [0.29, 0.717) is 13.1 Å². The van der Waals surface area contributed by atoms with E-state index in [1.165, 1.54) is 5.56 Å². The molecule has 0 spiro atoms. The Bertz CT molecular complexity index is 738. The summed E-state index contributed by atoms with van der Waals surface area (Å²) >= 11 is 0. The minimum Gasteiger partial charge on any atom is -0.373 e. The van der Waals surface area contributed by atoms with Crippen molar-refractivity contribution in [3.63, 3.8) is 0 Å². The third-order valence-electron chi connectivity index (χ3n) is 4.99. The molecule has 2 atom stereocenters. The van der Waals surface area contributed by atoms with Gasteiger partial charge in [-0.2, -0.15) is 0 Å². The number of ether oxygens (including phenoxy) is 1. The van der Waals surface area contributed by atoms with Crippen molar-refractivity contribution < 1.29 is 9.53 Å². The molecule has 2 aromatic rings. The van der Waals surface area contributed by atoms with E-state index in [9.17, 15) is 4.79 Å². The van der Waals surface area contributed by atoms with E-state index in [2.05, 4.69) is 48.3 Å². The summed E-state index contributed by atoms with van der Waals surface area (Å²) in [5.74, 6) is 0.0201. The number of amides is 1. The number of para-hydroxylation sites is 1. The highest BCUT2D eigenvalue weighted by atomic mass is 16.5. The van der Waals surface area contributed by atoms with E-state index in [1.54, 1.807) is 0 Å². The molecule has 1 aliphatic heterocycles. The van der Waals surface area contributed by atoms with Crippen LogP contribution in [-0.2, 0) is 22.6 Å². The Morgan fingerprint density at radius 1 is 1.04 bits per heavy atom. The van der Waals surface area contributed by atoms with Crippen LogP contribution in [-0.4, -0.2) is 49.7 Å². The zero-order valence-electron chi connectivity index (χ0n) is 17.1. The van der Waals surface area contributed by atoms with Crippen LogP contribution in [0.25, 0.3) is 0 Å². The minimum atomic E-state index is 0.0201. The van der Waals surface area contributed by atoms with E-state index >= 15 is 0 Å². The molecular weight excluding hydrogens is 350 g/mol. The van der Waals surface area contributed by atoms with Gasteiger partial charge < -0.3 is 15.0 Å². The Morgan fingerprint density at radius 3 is 2.29 bits per heavy atom. The maximum atomic E-state index is 12.2. The number of carbonyl (C=O) groups excluding carboxylic acids is 1. The molecule has 5 nitrogen and oxygen atoms in total. The van der Waals surface area contributed by atoms with Crippen LogP contribution in [0.1, 0.15) is 25.0 Å². The number of benzene rings is 2. The molecule has 1 aliphatic rings. The highest BCUT2D eigenvalue weighted by molar-refractivity contribution is 5.81. The first-order valence-electron chi connectivity index (χ1n) is 9.98. The first-order valence-corrected chi connectivity index (χ1v) is 9.98. The lowest BCUT2D eigenvalue weighted by molar-refractivity contribution is -0.119. The van der Waals surface area contributed by atoms with Crippen LogP contribution < -0.4 is 10.2 Å². The van der Waals surface area contributed by atoms with Crippen molar-refractivity contribution in [1.29, 1.82) is 0 Å². The molecule has 2 unspecified atom stereocenters. The number of rotatable bonds is 7. The fraction of sp³-hybridized carbons (Fsp3) is 0.435. The van der Waals surface area contributed by atoms with Crippen molar-refractivity contribution in [3.05, 3.63) is 65.7 Å². The average Bonchev–Trinajstić information content (AvgIpc) is 2.67. The molecule has 1 heterocycles. The van der Waals surface area contributed by atoms with Crippen LogP contribution in [0, 0.1) is 0 Å². The maximum absolute atomic E-state index is 12.2. The molecule has 1 fully saturated rings. The third-order valence-corrected chi connectivity index (χ3v) is 4.99. The summed E-state index contributed by atoms with van der Waals surface area (Å²) in [4.78, 5) is 16.6. The number of likely N-dealkylation sites (N-methyl/N-ethyl adjacent to an activating group) is 1. The van der Waals surface area contributed by atoms with Crippen LogP contribution in [0.5, 0.6) is 0 Å². The van der Waals surface area contributed by atoms with Crippen LogP contribution >= 0.6 is 0 Å². The van der Waals surface area contributed by atoms with Gasteiger partial charge in [0, 0.05) is 38.9 Å². The first kappa shape index (κ1) is 20.4. The molecular formula is C23H31N3O2. The SMILES string of the molecule is CC1CN(Cc2ccc(CNC(=O)CN(C)c3ccccc3)cc2)CC(C)O1. The second-order valence-electron chi connectivity index (χ2n) is 7.74. The Balaban J connectivity index is 1.44. The van der Waals surface area contributed by atoms with Crippen molar-refractivity contribution >= 4 is 11.6 Å². The highest BCUT2D eigenvalue weighted by Crippen LogP contribution is 2.15. The summed E-state index contributed by atoms with van der Waals surface area (Å²) in [5.41, 5.74) is 3.44. The van der Waals surface area contributed by atoms with Gasteiger partial charge in [0.15, 0.2) is 0 Å². The molecule has 0 bridgehead atoms. The van der Waals surface area contributed by atoms with Gasteiger partial charge in [0.05, 0.1) is 18.8 Å². The van der Waals surface area contributed by atoms with Gasteiger partial charge in [-0.15, -0.1) is 0 Å². The average molecular weight is 382 g/mol. The number of hydrogen-bond acceptors (Lipinski definition) is 4. The summed E-state index contributed by atoms with van der Waals surface area (Å²) in [6.07, 6.45) is 0.569. The Hall–Kier alpha value is -2.37. The van der Waals surface area contributed by atoms with Gasteiger partial charge in [0.1, 0.15) is 0 Å². The minimum absolute atomic E-state index is 0.0201.